The maximum absolute atomic E-state index is 13.8. The van der Waals surface area contributed by atoms with Gasteiger partial charge in [0.15, 0.2) is 0 Å². The third-order valence-corrected chi connectivity index (χ3v) is 2.93. The van der Waals surface area contributed by atoms with E-state index in [1.807, 2.05) is 0 Å². The van der Waals surface area contributed by atoms with Crippen molar-refractivity contribution in [1.29, 1.82) is 0 Å². The Hall–Kier alpha value is -2.76. The van der Waals surface area contributed by atoms with Crippen molar-refractivity contribution in [3.63, 3.8) is 0 Å². The highest BCUT2D eigenvalue weighted by molar-refractivity contribution is 6.06. The van der Waals surface area contributed by atoms with Gasteiger partial charge in [0, 0.05) is 18.3 Å². The minimum absolute atomic E-state index is 0.146. The summed E-state index contributed by atoms with van der Waals surface area (Å²) in [5, 5.41) is 8.90. The lowest BCUT2D eigenvalue weighted by molar-refractivity contribution is 0.0690. The third-order valence-electron chi connectivity index (χ3n) is 2.93. The number of carboxylic acid groups (broad SMARTS) is 1. The molecule has 0 aliphatic heterocycles. The fourth-order valence-electron chi connectivity index (χ4n) is 1.93. The average molecular weight is 288 g/mol. The number of hydrogen-bond acceptors (Lipinski definition) is 3. The highest BCUT2D eigenvalue weighted by Crippen LogP contribution is 2.20. The van der Waals surface area contributed by atoms with Gasteiger partial charge in [-0.1, -0.05) is 12.1 Å². The van der Waals surface area contributed by atoms with E-state index in [4.69, 9.17) is 5.11 Å². The first-order valence-corrected chi connectivity index (χ1v) is 6.30. The number of carboxylic acids is 1. The number of para-hydroxylation sites is 1. The third kappa shape index (κ3) is 3.05. The molecule has 1 amide bonds. The van der Waals surface area contributed by atoms with Crippen molar-refractivity contribution < 1.29 is 19.1 Å². The number of anilines is 1. The largest absolute Gasteiger partial charge is 0.477 e. The maximum Gasteiger partial charge on any atom is 0.354 e. The van der Waals surface area contributed by atoms with Crippen molar-refractivity contribution in [2.45, 2.75) is 6.92 Å². The van der Waals surface area contributed by atoms with E-state index in [0.29, 0.717) is 0 Å². The molecule has 108 valence electrons. The highest BCUT2D eigenvalue weighted by atomic mass is 19.1. The number of hydrogen-bond donors (Lipinski definition) is 1. The molecule has 0 aliphatic rings. The summed E-state index contributed by atoms with van der Waals surface area (Å²) in [6.45, 7) is 1.97. The van der Waals surface area contributed by atoms with Crippen molar-refractivity contribution in [3.05, 3.63) is 59.7 Å². The number of pyridine rings is 1. The molecule has 6 heteroatoms. The number of benzene rings is 1. The smallest absolute Gasteiger partial charge is 0.354 e. The number of carbonyl (C=O) groups excluding carboxylic acids is 1. The van der Waals surface area contributed by atoms with Gasteiger partial charge in [-0.2, -0.15) is 0 Å². The van der Waals surface area contributed by atoms with Gasteiger partial charge in [-0.25, -0.2) is 14.2 Å². The van der Waals surface area contributed by atoms with E-state index in [0.717, 1.165) is 0 Å². The molecule has 0 radical (unpaired) electrons. The van der Waals surface area contributed by atoms with Crippen molar-refractivity contribution in [2.75, 3.05) is 11.4 Å². The van der Waals surface area contributed by atoms with Crippen molar-refractivity contribution in [2.24, 2.45) is 0 Å². The van der Waals surface area contributed by atoms with Crippen LogP contribution in [-0.2, 0) is 0 Å². The van der Waals surface area contributed by atoms with E-state index < -0.39 is 17.7 Å². The van der Waals surface area contributed by atoms with Crippen LogP contribution in [-0.4, -0.2) is 28.5 Å². The van der Waals surface area contributed by atoms with Crippen LogP contribution < -0.4 is 4.90 Å². The number of halogens is 1. The molecule has 21 heavy (non-hydrogen) atoms. The van der Waals surface area contributed by atoms with Crippen molar-refractivity contribution in [1.82, 2.24) is 4.98 Å². The summed E-state index contributed by atoms with van der Waals surface area (Å²) in [6.07, 6.45) is 1.24. The molecule has 2 rings (SSSR count). The number of aromatic carboxylic acids is 1. The first kappa shape index (κ1) is 14.6. The highest BCUT2D eigenvalue weighted by Gasteiger charge is 2.20. The summed E-state index contributed by atoms with van der Waals surface area (Å²) in [7, 11) is 0. The van der Waals surface area contributed by atoms with Gasteiger partial charge >= 0.3 is 5.97 Å². The average Bonchev–Trinajstić information content (AvgIpc) is 2.50. The molecule has 0 unspecified atom stereocenters. The predicted octanol–water partition coefficient (Wildman–Crippen LogP) is 2.59. The molecule has 0 bridgehead atoms. The topological polar surface area (TPSA) is 70.5 Å². The van der Waals surface area contributed by atoms with Crippen molar-refractivity contribution in [3.8, 4) is 0 Å². The van der Waals surface area contributed by atoms with Crippen LogP contribution in [0.25, 0.3) is 0 Å². The molecule has 1 heterocycles. The quantitative estimate of drug-likeness (QED) is 0.938. The minimum atomic E-state index is -1.22. The van der Waals surface area contributed by atoms with E-state index >= 15 is 0 Å². The standard InChI is InChI=1S/C15H13FN2O3/c1-2-18(13-6-4-3-5-11(13)16)14(19)10-7-8-17-12(9-10)15(20)21/h3-9H,2H2,1H3,(H,20,21). The zero-order valence-corrected chi connectivity index (χ0v) is 11.3. The van der Waals surface area contributed by atoms with Gasteiger partial charge in [-0.15, -0.1) is 0 Å². The maximum atomic E-state index is 13.8. The monoisotopic (exact) mass is 288 g/mol. The van der Waals surface area contributed by atoms with Gasteiger partial charge in [0.2, 0.25) is 0 Å². The van der Waals surface area contributed by atoms with E-state index in [1.54, 1.807) is 13.0 Å². The summed E-state index contributed by atoms with van der Waals surface area (Å²) in [5.41, 5.74) is 0.0663. The SMILES string of the molecule is CCN(C(=O)c1ccnc(C(=O)O)c1)c1ccccc1F. The Morgan fingerprint density at radius 3 is 2.62 bits per heavy atom. The fraction of sp³-hybridized carbons (Fsp3) is 0.133. The zero-order valence-electron chi connectivity index (χ0n) is 11.3. The number of carbonyl (C=O) groups is 2. The molecule has 2 aromatic rings. The first-order chi connectivity index (χ1) is 10.0. The lowest BCUT2D eigenvalue weighted by Crippen LogP contribution is -2.31. The Morgan fingerprint density at radius 2 is 2.00 bits per heavy atom. The summed E-state index contributed by atoms with van der Waals surface area (Å²) < 4.78 is 13.8. The molecule has 0 spiro atoms. The summed E-state index contributed by atoms with van der Waals surface area (Å²) >= 11 is 0. The van der Waals surface area contributed by atoms with Crippen LogP contribution in [0.5, 0.6) is 0 Å². The Balaban J connectivity index is 2.39. The lowest BCUT2D eigenvalue weighted by Gasteiger charge is -2.21. The molecular weight excluding hydrogens is 275 g/mol. The van der Waals surface area contributed by atoms with E-state index in [2.05, 4.69) is 4.98 Å². The van der Waals surface area contributed by atoms with Crippen LogP contribution >= 0.6 is 0 Å². The second-order valence-electron chi connectivity index (χ2n) is 4.24. The second kappa shape index (κ2) is 6.13. The number of nitrogens with zero attached hydrogens (tertiary/aromatic N) is 2. The Kier molecular flexibility index (Phi) is 4.27. The molecule has 5 nitrogen and oxygen atoms in total. The van der Waals surface area contributed by atoms with Gasteiger partial charge in [0.25, 0.3) is 5.91 Å². The van der Waals surface area contributed by atoms with Gasteiger partial charge in [0.05, 0.1) is 5.69 Å². The molecule has 1 N–H and O–H groups in total. The zero-order chi connectivity index (χ0) is 15.4. The van der Waals surface area contributed by atoms with Crippen LogP contribution in [0.1, 0.15) is 27.8 Å². The normalized spacial score (nSPS) is 10.2. The van der Waals surface area contributed by atoms with Crippen LogP contribution in [0.2, 0.25) is 0 Å². The van der Waals surface area contributed by atoms with Crippen LogP contribution in [0.4, 0.5) is 10.1 Å². The number of aromatic nitrogens is 1. The molecule has 0 saturated carbocycles. The van der Waals surface area contributed by atoms with E-state index in [1.165, 1.54) is 41.4 Å². The Morgan fingerprint density at radius 1 is 1.29 bits per heavy atom. The molecule has 0 atom stereocenters. The summed E-state index contributed by atoms with van der Waals surface area (Å²) in [5.74, 6) is -2.22. The molecular formula is C15H13FN2O3. The Bertz CT molecular complexity index is 688. The van der Waals surface area contributed by atoms with Crippen LogP contribution in [0, 0.1) is 5.82 Å². The van der Waals surface area contributed by atoms with E-state index in [9.17, 15) is 14.0 Å². The van der Waals surface area contributed by atoms with Crippen molar-refractivity contribution >= 4 is 17.6 Å². The molecule has 0 aliphatic carbocycles. The van der Waals surface area contributed by atoms with Gasteiger partial charge in [0.1, 0.15) is 11.5 Å². The van der Waals surface area contributed by atoms with Gasteiger partial charge in [-0.3, -0.25) is 4.79 Å². The molecule has 1 aromatic heterocycles. The number of amides is 1. The molecule has 0 saturated heterocycles. The summed E-state index contributed by atoms with van der Waals surface area (Å²) in [6, 6.07) is 8.50. The minimum Gasteiger partial charge on any atom is -0.477 e. The van der Waals surface area contributed by atoms with Crippen LogP contribution in [0.15, 0.2) is 42.6 Å². The predicted molar refractivity (Wildman–Crippen MR) is 74.9 cm³/mol. The Labute approximate surface area is 120 Å². The van der Waals surface area contributed by atoms with Gasteiger partial charge in [-0.05, 0) is 31.2 Å². The van der Waals surface area contributed by atoms with Crippen LogP contribution in [0.3, 0.4) is 0 Å². The molecule has 0 fully saturated rings. The molecule has 1 aromatic carbocycles. The van der Waals surface area contributed by atoms with Gasteiger partial charge < -0.3 is 10.0 Å². The second-order valence-corrected chi connectivity index (χ2v) is 4.24. The number of rotatable bonds is 4. The lowest BCUT2D eigenvalue weighted by atomic mass is 10.1. The fourth-order valence-corrected chi connectivity index (χ4v) is 1.93. The van der Waals surface area contributed by atoms with E-state index in [-0.39, 0.29) is 23.5 Å². The first-order valence-electron chi connectivity index (χ1n) is 6.30. The summed E-state index contributed by atoms with van der Waals surface area (Å²) in [4.78, 5) is 28.2.